The molecule has 2 atom stereocenters. The van der Waals surface area contributed by atoms with E-state index < -0.39 is 11.6 Å². The smallest absolute Gasteiger partial charge is 0.200 e. The van der Waals surface area contributed by atoms with Gasteiger partial charge in [-0.2, -0.15) is 4.39 Å². The van der Waals surface area contributed by atoms with Gasteiger partial charge in [0.1, 0.15) is 0 Å². The number of hydrogen-bond acceptors (Lipinski definition) is 1. The average molecular weight is 326 g/mol. The molecule has 0 radical (unpaired) electrons. The van der Waals surface area contributed by atoms with Crippen LogP contribution in [-0.2, 0) is 6.42 Å². The van der Waals surface area contributed by atoms with Crippen LogP contribution in [0.3, 0.4) is 0 Å². The van der Waals surface area contributed by atoms with Gasteiger partial charge in [-0.1, -0.05) is 58.9 Å². The molecule has 0 spiro atoms. The summed E-state index contributed by atoms with van der Waals surface area (Å²) < 4.78 is 33.0. The Kier molecular flexibility index (Phi) is 9.20. The Hall–Kier alpha value is -1.12. The van der Waals surface area contributed by atoms with Crippen molar-refractivity contribution in [3.8, 4) is 5.75 Å². The van der Waals surface area contributed by atoms with Crippen molar-refractivity contribution in [2.24, 2.45) is 11.8 Å². The molecule has 2 unspecified atom stereocenters. The maximum atomic E-state index is 14.0. The molecule has 0 bridgehead atoms. The summed E-state index contributed by atoms with van der Waals surface area (Å²) in [5.41, 5.74) is 0.457. The number of hydrogen-bond donors (Lipinski definition) is 0. The maximum absolute atomic E-state index is 14.0. The molecule has 0 N–H and O–H groups in total. The van der Waals surface area contributed by atoms with Gasteiger partial charge in [0.25, 0.3) is 0 Å². The van der Waals surface area contributed by atoms with Crippen LogP contribution in [0.2, 0.25) is 0 Å². The van der Waals surface area contributed by atoms with Gasteiger partial charge in [0, 0.05) is 0 Å². The lowest BCUT2D eigenvalue weighted by Crippen LogP contribution is -2.05. The van der Waals surface area contributed by atoms with Crippen molar-refractivity contribution < 1.29 is 13.5 Å². The van der Waals surface area contributed by atoms with Gasteiger partial charge in [0.15, 0.2) is 11.6 Å². The van der Waals surface area contributed by atoms with Crippen molar-refractivity contribution in [2.45, 2.75) is 72.6 Å². The number of halogens is 2. The summed E-state index contributed by atoms with van der Waals surface area (Å²) in [6, 6.07) is 3.19. The predicted molar refractivity (Wildman–Crippen MR) is 92.9 cm³/mol. The highest BCUT2D eigenvalue weighted by Crippen LogP contribution is 2.26. The van der Waals surface area contributed by atoms with Gasteiger partial charge in [-0.05, 0) is 43.2 Å². The number of aryl methyl sites for hydroxylation is 1. The van der Waals surface area contributed by atoms with E-state index in [9.17, 15) is 8.78 Å². The second-order valence-corrected chi connectivity index (χ2v) is 6.57. The van der Waals surface area contributed by atoms with Crippen LogP contribution in [0, 0.1) is 23.5 Å². The zero-order valence-corrected chi connectivity index (χ0v) is 15.1. The average Bonchev–Trinajstić information content (AvgIpc) is 2.55. The Morgan fingerprint density at radius 1 is 0.957 bits per heavy atom. The van der Waals surface area contributed by atoms with Crippen molar-refractivity contribution in [1.82, 2.24) is 0 Å². The molecule has 1 nitrogen and oxygen atoms in total. The van der Waals surface area contributed by atoms with Crippen LogP contribution in [0.5, 0.6) is 5.75 Å². The van der Waals surface area contributed by atoms with Crippen molar-refractivity contribution in [3.63, 3.8) is 0 Å². The van der Waals surface area contributed by atoms with Crippen molar-refractivity contribution >= 4 is 0 Å². The topological polar surface area (TPSA) is 9.23 Å². The molecule has 0 aromatic heterocycles. The molecule has 0 aliphatic carbocycles. The summed E-state index contributed by atoms with van der Waals surface area (Å²) in [6.45, 7) is 8.79. The molecule has 0 fully saturated rings. The van der Waals surface area contributed by atoms with Crippen LogP contribution in [0.4, 0.5) is 8.78 Å². The zero-order chi connectivity index (χ0) is 17.2. The first-order chi connectivity index (χ1) is 11.0. The molecule has 132 valence electrons. The van der Waals surface area contributed by atoms with Gasteiger partial charge < -0.3 is 4.74 Å². The van der Waals surface area contributed by atoms with Gasteiger partial charge in [-0.3, -0.25) is 0 Å². The van der Waals surface area contributed by atoms with E-state index in [1.165, 1.54) is 38.2 Å². The van der Waals surface area contributed by atoms with Gasteiger partial charge in [0.05, 0.1) is 6.61 Å². The minimum absolute atomic E-state index is 0.00662. The van der Waals surface area contributed by atoms with Crippen LogP contribution >= 0.6 is 0 Å². The molecule has 0 aliphatic rings. The summed E-state index contributed by atoms with van der Waals surface area (Å²) in [5.74, 6) is -0.254. The highest BCUT2D eigenvalue weighted by Gasteiger charge is 2.15. The largest absolute Gasteiger partial charge is 0.491 e. The molecule has 1 aromatic carbocycles. The van der Waals surface area contributed by atoms with Gasteiger partial charge in [0.2, 0.25) is 5.82 Å². The van der Waals surface area contributed by atoms with Crippen LogP contribution in [-0.4, -0.2) is 6.61 Å². The van der Waals surface area contributed by atoms with Crippen LogP contribution in [0.25, 0.3) is 0 Å². The third-order valence-corrected chi connectivity index (χ3v) is 4.68. The fourth-order valence-electron chi connectivity index (χ4n) is 3.06. The van der Waals surface area contributed by atoms with E-state index in [1.807, 2.05) is 0 Å². The van der Waals surface area contributed by atoms with Crippen LogP contribution in [0.1, 0.15) is 71.8 Å². The van der Waals surface area contributed by atoms with Crippen LogP contribution in [0.15, 0.2) is 12.1 Å². The Morgan fingerprint density at radius 2 is 1.70 bits per heavy atom. The Bertz CT molecular complexity index is 459. The molecular weight excluding hydrogens is 294 g/mol. The highest BCUT2D eigenvalue weighted by molar-refractivity contribution is 5.31. The monoisotopic (exact) mass is 326 g/mol. The minimum Gasteiger partial charge on any atom is -0.491 e. The zero-order valence-electron chi connectivity index (χ0n) is 15.1. The number of ether oxygens (including phenoxy) is 1. The highest BCUT2D eigenvalue weighted by atomic mass is 19.2. The molecule has 1 rings (SSSR count). The number of rotatable bonds is 11. The van der Waals surface area contributed by atoms with E-state index in [0.717, 1.165) is 12.3 Å². The molecular formula is C20H32F2O. The Balaban J connectivity index is 2.49. The predicted octanol–water partition coefficient (Wildman–Crippen LogP) is 6.54. The fourth-order valence-corrected chi connectivity index (χ4v) is 3.06. The molecule has 0 heterocycles. The summed E-state index contributed by atoms with van der Waals surface area (Å²) in [7, 11) is 0. The Labute approximate surface area is 140 Å². The lowest BCUT2D eigenvalue weighted by atomic mass is 9.89. The maximum Gasteiger partial charge on any atom is 0.200 e. The quantitative estimate of drug-likeness (QED) is 0.448. The van der Waals surface area contributed by atoms with Crippen molar-refractivity contribution in [2.75, 3.05) is 6.61 Å². The third-order valence-electron chi connectivity index (χ3n) is 4.68. The first-order valence-electron chi connectivity index (χ1n) is 9.12. The molecule has 0 aliphatic heterocycles. The van der Waals surface area contributed by atoms with Crippen molar-refractivity contribution in [1.29, 1.82) is 0 Å². The normalized spacial score (nSPS) is 13.8. The van der Waals surface area contributed by atoms with Crippen LogP contribution < -0.4 is 4.74 Å². The van der Waals surface area contributed by atoms with Crippen molar-refractivity contribution in [3.05, 3.63) is 29.3 Å². The molecule has 1 aromatic rings. The van der Waals surface area contributed by atoms with Gasteiger partial charge >= 0.3 is 0 Å². The van der Waals surface area contributed by atoms with E-state index >= 15 is 0 Å². The second-order valence-electron chi connectivity index (χ2n) is 6.57. The third kappa shape index (κ3) is 6.48. The minimum atomic E-state index is -0.856. The molecule has 0 amide bonds. The lowest BCUT2D eigenvalue weighted by molar-refractivity contribution is 0.313. The fraction of sp³-hybridized carbons (Fsp3) is 0.700. The summed E-state index contributed by atoms with van der Waals surface area (Å²) in [4.78, 5) is 0. The van der Waals surface area contributed by atoms with E-state index in [4.69, 9.17) is 4.74 Å². The van der Waals surface area contributed by atoms with E-state index in [0.29, 0.717) is 24.5 Å². The van der Waals surface area contributed by atoms with Gasteiger partial charge in [-0.25, -0.2) is 4.39 Å². The summed E-state index contributed by atoms with van der Waals surface area (Å²) >= 11 is 0. The molecule has 0 saturated carbocycles. The Morgan fingerprint density at radius 3 is 2.30 bits per heavy atom. The standard InChI is InChI=1S/C20H32F2O/c1-5-8-16(6-2)11-9-15(4)10-12-17-13-14-18(23-7-3)20(22)19(17)21/h13-16H,5-12H2,1-4H3. The van der Waals surface area contributed by atoms with Gasteiger partial charge in [-0.15, -0.1) is 0 Å². The molecule has 0 saturated heterocycles. The molecule has 3 heteroatoms. The first kappa shape index (κ1) is 19.9. The molecule has 23 heavy (non-hydrogen) atoms. The van der Waals surface area contributed by atoms with E-state index in [-0.39, 0.29) is 5.75 Å². The number of benzene rings is 1. The first-order valence-corrected chi connectivity index (χ1v) is 9.12. The lowest BCUT2D eigenvalue weighted by Gasteiger charge is -2.17. The SMILES string of the molecule is CCCC(CC)CCC(C)CCc1ccc(OCC)c(F)c1F. The summed E-state index contributed by atoms with van der Waals surface area (Å²) in [5, 5.41) is 0. The summed E-state index contributed by atoms with van der Waals surface area (Å²) in [6.07, 6.45) is 7.66. The van der Waals surface area contributed by atoms with E-state index in [2.05, 4.69) is 20.8 Å². The van der Waals surface area contributed by atoms with E-state index in [1.54, 1.807) is 13.0 Å². The second kappa shape index (κ2) is 10.6.